The maximum atomic E-state index is 14.4. The Labute approximate surface area is 357 Å². The molecule has 1 aromatic carbocycles. The fourth-order valence-corrected chi connectivity index (χ4v) is 10.1. The molecule has 1 saturated heterocycles. The van der Waals surface area contributed by atoms with Crippen molar-refractivity contribution in [1.29, 1.82) is 0 Å². The van der Waals surface area contributed by atoms with E-state index >= 15 is 0 Å². The van der Waals surface area contributed by atoms with E-state index in [2.05, 4.69) is 4.98 Å². The van der Waals surface area contributed by atoms with Crippen molar-refractivity contribution in [1.82, 2.24) is 4.98 Å². The van der Waals surface area contributed by atoms with Gasteiger partial charge < -0.3 is 42.6 Å². The summed E-state index contributed by atoms with van der Waals surface area (Å²) in [6, 6.07) is 10.7. The van der Waals surface area contributed by atoms with Gasteiger partial charge in [0.1, 0.15) is 48.1 Å². The Bertz CT molecular complexity index is 2110. The molecule has 12 unspecified atom stereocenters. The number of hydrogen-bond donors (Lipinski definition) is 0. The van der Waals surface area contributed by atoms with Crippen molar-refractivity contribution in [3.8, 4) is 0 Å². The molecule has 2 saturated carbocycles. The zero-order valence-electron chi connectivity index (χ0n) is 35.7. The summed E-state index contributed by atoms with van der Waals surface area (Å²) in [7, 11) is 0. The van der Waals surface area contributed by atoms with Gasteiger partial charge in [0.25, 0.3) is 0 Å². The minimum Gasteiger partial charge on any atom is -0.465 e. The number of pyridine rings is 1. The summed E-state index contributed by atoms with van der Waals surface area (Å²) in [5.41, 5.74) is -6.11. The van der Waals surface area contributed by atoms with Gasteiger partial charge in [-0.15, -0.1) is 0 Å². The summed E-state index contributed by atoms with van der Waals surface area (Å²) in [6.07, 6.45) is -8.76. The van der Waals surface area contributed by atoms with Gasteiger partial charge in [-0.2, -0.15) is 0 Å². The van der Waals surface area contributed by atoms with Gasteiger partial charge >= 0.3 is 47.8 Å². The molecule has 18 heteroatoms. The summed E-state index contributed by atoms with van der Waals surface area (Å²) in [4.78, 5) is 114. The smallest absolute Gasteiger partial charge is 0.340 e. The van der Waals surface area contributed by atoms with Crippen molar-refractivity contribution in [2.75, 3.05) is 13.2 Å². The Balaban J connectivity index is 1.75. The largest absolute Gasteiger partial charge is 0.465 e. The van der Waals surface area contributed by atoms with Crippen molar-refractivity contribution < 1.29 is 81.0 Å². The molecule has 2 aliphatic heterocycles. The molecule has 334 valence electrons. The third-order valence-corrected chi connectivity index (χ3v) is 12.4. The first-order valence-electron chi connectivity index (χ1n) is 20.4. The first-order valence-corrected chi connectivity index (χ1v) is 20.4. The maximum Gasteiger partial charge on any atom is 0.340 e. The van der Waals surface area contributed by atoms with Gasteiger partial charge in [0.15, 0.2) is 18.3 Å². The minimum absolute atomic E-state index is 0.00927. The highest BCUT2D eigenvalue weighted by Gasteiger charge is 2.88. The second-order valence-electron chi connectivity index (χ2n) is 16.4. The monoisotopic (exact) mass is 865 g/mol. The van der Waals surface area contributed by atoms with Crippen molar-refractivity contribution in [2.45, 2.75) is 128 Å². The third-order valence-electron chi connectivity index (χ3n) is 12.4. The lowest BCUT2D eigenvalue weighted by Gasteiger charge is -2.65. The third kappa shape index (κ3) is 8.11. The van der Waals surface area contributed by atoms with E-state index in [9.17, 15) is 38.4 Å². The van der Waals surface area contributed by atoms with Gasteiger partial charge in [-0.3, -0.25) is 33.8 Å². The highest BCUT2D eigenvalue weighted by molar-refractivity contribution is 5.91. The Hall–Kier alpha value is -5.91. The number of carbonyl (C=O) groups excluding carboxylic acids is 8. The highest BCUT2D eigenvalue weighted by Crippen LogP contribution is 2.69. The molecule has 4 bridgehead atoms. The number of hydrogen-bond acceptors (Lipinski definition) is 18. The Morgan fingerprint density at radius 3 is 2.00 bits per heavy atom. The van der Waals surface area contributed by atoms with Crippen molar-refractivity contribution in [3.63, 3.8) is 0 Å². The van der Waals surface area contributed by atoms with Gasteiger partial charge in [-0.05, 0) is 44.0 Å². The predicted octanol–water partition coefficient (Wildman–Crippen LogP) is 3.75. The number of ether oxygens (including phenoxy) is 9. The average Bonchev–Trinajstić information content (AvgIpc) is 3.42. The molecule has 12 atom stereocenters. The molecule has 1 aromatic heterocycles. The van der Waals surface area contributed by atoms with Crippen molar-refractivity contribution in [2.24, 2.45) is 17.3 Å². The molecule has 2 aliphatic carbocycles. The Kier molecular flexibility index (Phi) is 13.1. The molecule has 0 radical (unpaired) electrons. The SMILES string of the molecule is CCC1CCC(=O)OC2C(OC(C)=O)C(OC(=O)c3ccccc3)C3(COC(C)=O)C(OC(C)=O)C(OC(C)=O)C4C(OC(C)=O)C3(OC4(C)COC(=O)c3cccnc31)C2C. The first kappa shape index (κ1) is 45.6. The molecule has 3 fully saturated rings. The van der Waals surface area contributed by atoms with Crippen LogP contribution < -0.4 is 0 Å². The lowest BCUT2D eigenvalue weighted by molar-refractivity contribution is -0.347. The predicted molar refractivity (Wildman–Crippen MR) is 208 cm³/mol. The summed E-state index contributed by atoms with van der Waals surface area (Å²) in [6.45, 7) is 8.71. The fraction of sp³-hybridized carbons (Fsp3) is 0.568. The number of aromatic nitrogens is 1. The molecule has 6 rings (SSSR count). The Morgan fingerprint density at radius 1 is 0.774 bits per heavy atom. The molecule has 62 heavy (non-hydrogen) atoms. The maximum absolute atomic E-state index is 14.4. The zero-order valence-corrected chi connectivity index (χ0v) is 35.7. The number of cyclic esters (lactones) is 1. The van der Waals surface area contributed by atoms with Gasteiger partial charge in [-0.1, -0.05) is 32.0 Å². The number of nitrogens with zero attached hydrogens (tertiary/aromatic N) is 1. The van der Waals surface area contributed by atoms with Crippen LogP contribution in [-0.4, -0.2) is 114 Å². The van der Waals surface area contributed by atoms with E-state index in [0.717, 1.165) is 34.6 Å². The van der Waals surface area contributed by atoms with E-state index in [0.29, 0.717) is 12.1 Å². The second-order valence-corrected chi connectivity index (χ2v) is 16.4. The zero-order chi connectivity index (χ0) is 45.3. The lowest BCUT2D eigenvalue weighted by Crippen LogP contribution is -2.84. The van der Waals surface area contributed by atoms with Crippen molar-refractivity contribution in [3.05, 3.63) is 65.5 Å². The van der Waals surface area contributed by atoms with Crippen LogP contribution in [0, 0.1) is 17.3 Å². The fourth-order valence-electron chi connectivity index (χ4n) is 10.1. The van der Waals surface area contributed by atoms with Crippen LogP contribution in [0.15, 0.2) is 48.7 Å². The van der Waals surface area contributed by atoms with Gasteiger partial charge in [-0.25, -0.2) is 9.59 Å². The van der Waals surface area contributed by atoms with E-state index < -0.39 is 132 Å². The number of esters is 8. The van der Waals surface area contributed by atoms with Crippen LogP contribution in [0.5, 0.6) is 0 Å². The summed E-state index contributed by atoms with van der Waals surface area (Å²) in [5.74, 6) is -10.4. The topological polar surface area (TPSA) is 233 Å². The van der Waals surface area contributed by atoms with E-state index in [1.54, 1.807) is 24.3 Å². The number of rotatable bonds is 9. The van der Waals surface area contributed by atoms with Crippen LogP contribution in [0.25, 0.3) is 0 Å². The van der Waals surface area contributed by atoms with Crippen LogP contribution in [0.3, 0.4) is 0 Å². The molecule has 3 heterocycles. The summed E-state index contributed by atoms with van der Waals surface area (Å²) >= 11 is 0. The van der Waals surface area contributed by atoms with Crippen LogP contribution in [0.4, 0.5) is 0 Å². The summed E-state index contributed by atoms with van der Waals surface area (Å²) in [5, 5.41) is 0. The normalized spacial score (nSPS) is 33.8. The second kappa shape index (κ2) is 17.8. The minimum atomic E-state index is -2.38. The molecular formula is C44H51NO17. The van der Waals surface area contributed by atoms with E-state index in [4.69, 9.17) is 42.6 Å². The highest BCUT2D eigenvalue weighted by atomic mass is 16.7. The van der Waals surface area contributed by atoms with E-state index in [1.807, 2.05) is 6.92 Å². The molecule has 0 amide bonds. The lowest BCUT2D eigenvalue weighted by atomic mass is 9.46. The van der Waals surface area contributed by atoms with Crippen LogP contribution in [0.2, 0.25) is 0 Å². The number of fused-ring (bicyclic) bond motifs is 5. The molecule has 1 spiro atoms. The average molecular weight is 866 g/mol. The van der Waals surface area contributed by atoms with Crippen molar-refractivity contribution >= 4 is 47.8 Å². The van der Waals surface area contributed by atoms with Gasteiger partial charge in [0.2, 0.25) is 0 Å². The van der Waals surface area contributed by atoms with Crippen LogP contribution in [0.1, 0.15) is 107 Å². The quantitative estimate of drug-likeness (QED) is 0.258. The first-order chi connectivity index (χ1) is 29.3. The summed E-state index contributed by atoms with van der Waals surface area (Å²) < 4.78 is 56.3. The molecule has 18 nitrogen and oxygen atoms in total. The van der Waals surface area contributed by atoms with Crippen LogP contribution in [-0.2, 0) is 71.4 Å². The molecular weight excluding hydrogens is 814 g/mol. The van der Waals surface area contributed by atoms with E-state index in [1.165, 1.54) is 38.2 Å². The van der Waals surface area contributed by atoms with Crippen LogP contribution >= 0.6 is 0 Å². The molecule has 0 N–H and O–H groups in total. The number of carbonyl (C=O) groups is 8. The molecule has 4 aliphatic rings. The van der Waals surface area contributed by atoms with Gasteiger partial charge in [0.05, 0.1) is 22.7 Å². The standard InChI is InChI=1S/C44H51NO17/c1-9-28-17-18-31(51)60-34-22(2)44-37(58-26(6)49)32(42(8,62-44)20-55-41(53)30-16-13-19-45-33(28)30)35(56-24(4)47)38(59-27(7)50)43(44,21-54-23(3)46)39(36(34)57-25(5)48)61-40(52)29-14-11-10-12-15-29/h10-16,19,22,28,32,34-39H,9,17-18,20-21H2,1-8H3. The number of benzene rings is 1. The van der Waals surface area contributed by atoms with Gasteiger partial charge in [0, 0.05) is 59.1 Å². The Morgan fingerprint density at radius 2 is 1.39 bits per heavy atom. The molecule has 2 aromatic rings. The van der Waals surface area contributed by atoms with E-state index in [-0.39, 0.29) is 24.0 Å².